The molecule has 1 unspecified atom stereocenters. The van der Waals surface area contributed by atoms with Crippen molar-refractivity contribution in [3.8, 4) is 0 Å². The smallest absolute Gasteiger partial charge is 0.0572 e. The van der Waals surface area contributed by atoms with Gasteiger partial charge in [-0.3, -0.25) is 4.90 Å². The van der Waals surface area contributed by atoms with E-state index in [1.54, 1.807) is 0 Å². The Balaban J connectivity index is 2.69. The molecule has 0 aromatic heterocycles. The predicted octanol–water partition coefficient (Wildman–Crippen LogP) is 2.35. The van der Waals surface area contributed by atoms with Crippen LogP contribution in [0.4, 0.5) is 0 Å². The maximum Gasteiger partial charge on any atom is 0.0572 e. The van der Waals surface area contributed by atoms with Gasteiger partial charge in [-0.2, -0.15) is 11.8 Å². The first-order valence-corrected chi connectivity index (χ1v) is 8.47. The largest absolute Gasteiger partial charge is 0.381 e. The van der Waals surface area contributed by atoms with E-state index in [0.717, 1.165) is 19.4 Å². The number of methoxy groups -OCH3 is 1. The molecular formula is C14H30N2OS. The molecule has 1 aliphatic carbocycles. The number of likely N-dealkylation sites (N-methyl/N-ethyl adjacent to an activating group) is 1. The van der Waals surface area contributed by atoms with Crippen LogP contribution in [0.25, 0.3) is 0 Å². The first-order valence-electron chi connectivity index (χ1n) is 7.08. The van der Waals surface area contributed by atoms with Crippen molar-refractivity contribution in [2.75, 3.05) is 32.7 Å². The van der Waals surface area contributed by atoms with Crippen LogP contribution in [0.1, 0.15) is 39.0 Å². The molecule has 0 heterocycles. The molecule has 1 aliphatic rings. The van der Waals surface area contributed by atoms with Crippen LogP contribution in [0.5, 0.6) is 0 Å². The zero-order chi connectivity index (χ0) is 13.6. The molecule has 1 saturated carbocycles. The second kappa shape index (κ2) is 7.73. The summed E-state index contributed by atoms with van der Waals surface area (Å²) in [6.45, 7) is 3.05. The van der Waals surface area contributed by atoms with Gasteiger partial charge in [0.05, 0.1) is 6.10 Å². The van der Waals surface area contributed by atoms with E-state index in [-0.39, 0.29) is 5.54 Å². The first-order chi connectivity index (χ1) is 8.63. The van der Waals surface area contributed by atoms with Crippen LogP contribution in [0.15, 0.2) is 0 Å². The fraction of sp³-hybridized carbons (Fsp3) is 1.00. The highest BCUT2D eigenvalue weighted by atomic mass is 32.2. The Morgan fingerprint density at radius 3 is 2.44 bits per heavy atom. The average Bonchev–Trinajstić information content (AvgIpc) is 2.44. The molecule has 4 heteroatoms. The third kappa shape index (κ3) is 3.62. The Morgan fingerprint density at radius 1 is 1.44 bits per heavy atom. The Morgan fingerprint density at radius 2 is 2.06 bits per heavy atom. The molecule has 108 valence electrons. The van der Waals surface area contributed by atoms with E-state index in [2.05, 4.69) is 25.1 Å². The quantitative estimate of drug-likeness (QED) is 0.773. The number of nitrogens with zero attached hydrogens (tertiary/aromatic N) is 1. The number of hydrogen-bond acceptors (Lipinski definition) is 4. The van der Waals surface area contributed by atoms with Crippen LogP contribution in [0, 0.1) is 0 Å². The van der Waals surface area contributed by atoms with Crippen LogP contribution in [0.3, 0.4) is 0 Å². The standard InChI is InChI=1S/C14H30N2OS/c1-5-12(10-18-4)16(2)14(11-15)8-6-13(17-3)7-9-14/h12-13H,5-11,15H2,1-4H3. The SMILES string of the molecule is CCC(CSC)N(C)C1(CN)CCC(OC)CC1. The number of hydrogen-bond donors (Lipinski definition) is 1. The molecule has 0 bridgehead atoms. The van der Waals surface area contributed by atoms with Crippen LogP contribution < -0.4 is 5.73 Å². The summed E-state index contributed by atoms with van der Waals surface area (Å²) in [7, 11) is 4.09. The summed E-state index contributed by atoms with van der Waals surface area (Å²) in [6.07, 6.45) is 8.47. The lowest BCUT2D eigenvalue weighted by molar-refractivity contribution is -0.01000. The first kappa shape index (κ1) is 16.3. The number of rotatable bonds is 7. The Labute approximate surface area is 117 Å². The fourth-order valence-electron chi connectivity index (χ4n) is 3.15. The Bertz CT molecular complexity index is 230. The number of ether oxygens (including phenoxy) is 1. The van der Waals surface area contributed by atoms with Crippen molar-refractivity contribution in [3.63, 3.8) is 0 Å². The van der Waals surface area contributed by atoms with Crippen LogP contribution in [-0.4, -0.2) is 55.3 Å². The van der Waals surface area contributed by atoms with Gasteiger partial charge in [0.2, 0.25) is 0 Å². The van der Waals surface area contributed by atoms with Gasteiger partial charge in [-0.15, -0.1) is 0 Å². The zero-order valence-electron chi connectivity index (χ0n) is 12.4. The Kier molecular flexibility index (Phi) is 6.99. The van der Waals surface area contributed by atoms with Crippen LogP contribution >= 0.6 is 11.8 Å². The third-order valence-corrected chi connectivity index (χ3v) is 5.42. The van der Waals surface area contributed by atoms with Gasteiger partial charge in [0.1, 0.15) is 0 Å². The zero-order valence-corrected chi connectivity index (χ0v) is 13.3. The molecule has 0 saturated heterocycles. The summed E-state index contributed by atoms with van der Waals surface area (Å²) in [5, 5.41) is 0. The number of nitrogens with two attached hydrogens (primary N) is 1. The van der Waals surface area contributed by atoms with Crippen molar-refractivity contribution in [1.29, 1.82) is 0 Å². The summed E-state index contributed by atoms with van der Waals surface area (Å²) >= 11 is 1.93. The molecule has 1 atom stereocenters. The van der Waals surface area contributed by atoms with Crippen molar-refractivity contribution in [1.82, 2.24) is 4.90 Å². The molecule has 0 aromatic rings. The normalized spacial score (nSPS) is 30.7. The Hall–Kier alpha value is 0.230. The molecule has 1 fully saturated rings. The van der Waals surface area contributed by atoms with Gasteiger partial charge in [-0.1, -0.05) is 6.92 Å². The minimum atomic E-state index is 0.200. The van der Waals surface area contributed by atoms with Crippen molar-refractivity contribution in [2.24, 2.45) is 5.73 Å². The predicted molar refractivity (Wildman–Crippen MR) is 81.3 cm³/mol. The summed E-state index contributed by atoms with van der Waals surface area (Å²) in [5.74, 6) is 1.20. The molecule has 0 radical (unpaired) electrons. The van der Waals surface area contributed by atoms with E-state index in [0.29, 0.717) is 12.1 Å². The van der Waals surface area contributed by atoms with Crippen molar-refractivity contribution in [3.05, 3.63) is 0 Å². The van der Waals surface area contributed by atoms with Gasteiger partial charge < -0.3 is 10.5 Å². The van der Waals surface area contributed by atoms with E-state index in [1.165, 1.54) is 25.0 Å². The van der Waals surface area contributed by atoms with E-state index >= 15 is 0 Å². The summed E-state index contributed by atoms with van der Waals surface area (Å²) in [4.78, 5) is 2.56. The summed E-state index contributed by atoms with van der Waals surface area (Å²) in [5.41, 5.74) is 6.33. The van der Waals surface area contributed by atoms with Gasteiger partial charge >= 0.3 is 0 Å². The molecule has 0 aromatic carbocycles. The monoisotopic (exact) mass is 274 g/mol. The number of thioether (sulfide) groups is 1. The van der Waals surface area contributed by atoms with Gasteiger partial charge in [0, 0.05) is 31.0 Å². The molecule has 2 N–H and O–H groups in total. The fourth-order valence-corrected chi connectivity index (χ4v) is 3.99. The van der Waals surface area contributed by atoms with Crippen LogP contribution in [0.2, 0.25) is 0 Å². The van der Waals surface area contributed by atoms with Crippen molar-refractivity contribution >= 4 is 11.8 Å². The maximum absolute atomic E-state index is 6.13. The van der Waals surface area contributed by atoms with Gasteiger partial charge in [0.25, 0.3) is 0 Å². The molecule has 0 spiro atoms. The lowest BCUT2D eigenvalue weighted by atomic mass is 9.78. The highest BCUT2D eigenvalue weighted by molar-refractivity contribution is 7.98. The second-order valence-electron chi connectivity index (χ2n) is 5.49. The maximum atomic E-state index is 6.13. The topological polar surface area (TPSA) is 38.5 Å². The lowest BCUT2D eigenvalue weighted by Gasteiger charge is -2.48. The average molecular weight is 274 g/mol. The third-order valence-electron chi connectivity index (χ3n) is 4.70. The molecule has 0 amide bonds. The highest BCUT2D eigenvalue weighted by Gasteiger charge is 2.39. The summed E-state index contributed by atoms with van der Waals surface area (Å²) < 4.78 is 5.48. The molecule has 18 heavy (non-hydrogen) atoms. The van der Waals surface area contributed by atoms with Crippen molar-refractivity contribution < 1.29 is 4.74 Å². The lowest BCUT2D eigenvalue weighted by Crippen LogP contribution is -2.58. The highest BCUT2D eigenvalue weighted by Crippen LogP contribution is 2.35. The van der Waals surface area contributed by atoms with E-state index in [9.17, 15) is 0 Å². The molecular weight excluding hydrogens is 244 g/mol. The minimum absolute atomic E-state index is 0.200. The molecule has 0 aliphatic heterocycles. The van der Waals surface area contributed by atoms with Gasteiger partial charge in [0.15, 0.2) is 0 Å². The van der Waals surface area contributed by atoms with E-state index in [4.69, 9.17) is 10.5 Å². The van der Waals surface area contributed by atoms with Crippen LogP contribution in [-0.2, 0) is 4.74 Å². The summed E-state index contributed by atoms with van der Waals surface area (Å²) in [6, 6.07) is 0.641. The van der Waals surface area contributed by atoms with E-state index < -0.39 is 0 Å². The molecule has 3 nitrogen and oxygen atoms in total. The molecule has 1 rings (SSSR count). The van der Waals surface area contributed by atoms with Gasteiger partial charge in [-0.25, -0.2) is 0 Å². The van der Waals surface area contributed by atoms with E-state index in [1.807, 2.05) is 18.9 Å². The van der Waals surface area contributed by atoms with Gasteiger partial charge in [-0.05, 0) is 45.4 Å². The van der Waals surface area contributed by atoms with Crippen molar-refractivity contribution in [2.45, 2.75) is 56.7 Å². The second-order valence-corrected chi connectivity index (χ2v) is 6.40. The minimum Gasteiger partial charge on any atom is -0.381 e.